The Labute approximate surface area is 98.9 Å². The van der Waals surface area contributed by atoms with E-state index in [1.165, 1.54) is 0 Å². The predicted molar refractivity (Wildman–Crippen MR) is 65.4 cm³/mol. The van der Waals surface area contributed by atoms with Crippen LogP contribution >= 0.6 is 0 Å². The minimum atomic E-state index is -0.00676. The average Bonchev–Trinajstić information content (AvgIpc) is 2.66. The van der Waals surface area contributed by atoms with Crippen LogP contribution in [0.2, 0.25) is 0 Å². The quantitative estimate of drug-likeness (QED) is 0.810. The molecule has 1 heterocycles. The van der Waals surface area contributed by atoms with Gasteiger partial charge in [0.25, 0.3) is 0 Å². The van der Waals surface area contributed by atoms with Gasteiger partial charge < -0.3 is 5.11 Å². The molecule has 0 spiro atoms. The van der Waals surface area contributed by atoms with Crippen molar-refractivity contribution in [2.24, 2.45) is 0 Å². The van der Waals surface area contributed by atoms with E-state index in [2.05, 4.69) is 0 Å². The van der Waals surface area contributed by atoms with E-state index in [1.54, 1.807) is 23.1 Å². The van der Waals surface area contributed by atoms with E-state index < -0.39 is 0 Å². The summed E-state index contributed by atoms with van der Waals surface area (Å²) in [6.45, 7) is 0. The summed E-state index contributed by atoms with van der Waals surface area (Å²) in [6, 6.07) is 14.5. The maximum atomic E-state index is 12.0. The van der Waals surface area contributed by atoms with E-state index in [0.29, 0.717) is 12.1 Å². The fourth-order valence-electron chi connectivity index (χ4n) is 2.17. The zero-order valence-electron chi connectivity index (χ0n) is 9.13. The molecule has 3 heteroatoms. The van der Waals surface area contributed by atoms with Crippen molar-refractivity contribution >= 4 is 17.3 Å². The number of carbonyl (C=O) groups is 1. The molecule has 2 aromatic carbocycles. The van der Waals surface area contributed by atoms with Crippen LogP contribution in [0.3, 0.4) is 0 Å². The van der Waals surface area contributed by atoms with E-state index in [-0.39, 0.29) is 11.7 Å². The van der Waals surface area contributed by atoms with Crippen molar-refractivity contribution in [1.82, 2.24) is 0 Å². The highest BCUT2D eigenvalue weighted by Crippen LogP contribution is 2.39. The van der Waals surface area contributed by atoms with Gasteiger partial charge in [0, 0.05) is 0 Å². The number of phenols is 1. The first kappa shape index (κ1) is 9.90. The number of hydrogen-bond acceptors (Lipinski definition) is 2. The summed E-state index contributed by atoms with van der Waals surface area (Å²) in [5.41, 5.74) is 2.40. The van der Waals surface area contributed by atoms with Gasteiger partial charge in [-0.1, -0.05) is 30.3 Å². The number of carbonyl (C=O) groups excluding carboxylic acids is 1. The Bertz CT molecular complexity index is 592. The molecule has 0 aliphatic carbocycles. The maximum absolute atomic E-state index is 12.0. The van der Waals surface area contributed by atoms with Crippen molar-refractivity contribution in [3.8, 4) is 5.75 Å². The highest BCUT2D eigenvalue weighted by Gasteiger charge is 2.29. The van der Waals surface area contributed by atoms with Gasteiger partial charge in [-0.3, -0.25) is 9.69 Å². The third kappa shape index (κ3) is 1.47. The number of fused-ring (bicyclic) bond motifs is 1. The van der Waals surface area contributed by atoms with E-state index in [0.717, 1.165) is 11.3 Å². The van der Waals surface area contributed by atoms with Gasteiger partial charge in [-0.25, -0.2) is 0 Å². The van der Waals surface area contributed by atoms with Gasteiger partial charge >= 0.3 is 0 Å². The molecule has 3 nitrogen and oxygen atoms in total. The maximum Gasteiger partial charge on any atom is 0.236 e. The van der Waals surface area contributed by atoms with Gasteiger partial charge in [-0.05, 0) is 23.8 Å². The van der Waals surface area contributed by atoms with Crippen molar-refractivity contribution in [2.75, 3.05) is 4.90 Å². The molecule has 17 heavy (non-hydrogen) atoms. The van der Waals surface area contributed by atoms with Crippen LogP contribution in [-0.2, 0) is 11.2 Å². The first-order chi connectivity index (χ1) is 8.27. The Kier molecular flexibility index (Phi) is 2.11. The molecular weight excluding hydrogens is 214 g/mol. The lowest BCUT2D eigenvalue weighted by Gasteiger charge is -2.18. The lowest BCUT2D eigenvalue weighted by molar-refractivity contribution is -0.116. The largest absolute Gasteiger partial charge is 0.506 e. The number of amides is 1. The molecule has 2 aromatic rings. The minimum absolute atomic E-state index is 0.00676. The molecule has 1 N–H and O–H groups in total. The fraction of sp³-hybridized carbons (Fsp3) is 0.0714. The smallest absolute Gasteiger partial charge is 0.236 e. The Balaban J connectivity index is 2.16. The molecule has 1 amide bonds. The van der Waals surface area contributed by atoms with E-state index in [1.807, 2.05) is 30.3 Å². The SMILES string of the molecule is O=C1Cc2ccccc2N1c1ccccc1O. The van der Waals surface area contributed by atoms with Crippen LogP contribution in [0, 0.1) is 0 Å². The second-order valence-electron chi connectivity index (χ2n) is 4.02. The normalized spacial score (nSPS) is 13.9. The number of para-hydroxylation sites is 3. The summed E-state index contributed by atoms with van der Waals surface area (Å²) in [5, 5.41) is 9.82. The van der Waals surface area contributed by atoms with Gasteiger partial charge in [0.15, 0.2) is 0 Å². The summed E-state index contributed by atoms with van der Waals surface area (Å²) in [5.74, 6) is 0.116. The van der Waals surface area contributed by atoms with E-state index in [9.17, 15) is 9.90 Å². The molecule has 0 atom stereocenters. The Hall–Kier alpha value is -2.29. The Morgan fingerprint density at radius 1 is 0.941 bits per heavy atom. The lowest BCUT2D eigenvalue weighted by Crippen LogP contribution is -2.20. The van der Waals surface area contributed by atoms with Gasteiger partial charge in [-0.15, -0.1) is 0 Å². The molecular formula is C14H11NO2. The zero-order valence-corrected chi connectivity index (χ0v) is 9.13. The summed E-state index contributed by atoms with van der Waals surface area (Å²) in [7, 11) is 0. The number of aromatic hydroxyl groups is 1. The van der Waals surface area contributed by atoms with E-state index >= 15 is 0 Å². The van der Waals surface area contributed by atoms with Crippen LogP contribution in [0.4, 0.5) is 11.4 Å². The molecule has 0 fully saturated rings. The molecule has 1 aliphatic heterocycles. The van der Waals surface area contributed by atoms with E-state index in [4.69, 9.17) is 0 Å². The van der Waals surface area contributed by atoms with Crippen LogP contribution < -0.4 is 4.90 Å². The van der Waals surface area contributed by atoms with Crippen molar-refractivity contribution in [3.05, 3.63) is 54.1 Å². The van der Waals surface area contributed by atoms with Crippen LogP contribution in [-0.4, -0.2) is 11.0 Å². The van der Waals surface area contributed by atoms with Crippen LogP contribution in [0.1, 0.15) is 5.56 Å². The number of nitrogens with zero attached hydrogens (tertiary/aromatic N) is 1. The van der Waals surface area contributed by atoms with Crippen molar-refractivity contribution < 1.29 is 9.90 Å². The van der Waals surface area contributed by atoms with Gasteiger partial charge in [0.1, 0.15) is 5.75 Å². The summed E-state index contributed by atoms with van der Waals surface area (Å²) >= 11 is 0. The third-order valence-electron chi connectivity index (χ3n) is 2.95. The molecule has 0 saturated heterocycles. The highest BCUT2D eigenvalue weighted by molar-refractivity contribution is 6.08. The molecule has 84 valence electrons. The molecule has 0 radical (unpaired) electrons. The summed E-state index contributed by atoms with van der Waals surface area (Å²) in [6.07, 6.45) is 0.393. The number of phenolic OH excluding ortho intramolecular Hbond substituents is 1. The average molecular weight is 225 g/mol. The zero-order chi connectivity index (χ0) is 11.8. The van der Waals surface area contributed by atoms with Crippen molar-refractivity contribution in [3.63, 3.8) is 0 Å². The van der Waals surface area contributed by atoms with Crippen LogP contribution in [0.25, 0.3) is 0 Å². The van der Waals surface area contributed by atoms with Gasteiger partial charge in [0.2, 0.25) is 5.91 Å². The third-order valence-corrected chi connectivity index (χ3v) is 2.95. The molecule has 0 bridgehead atoms. The molecule has 0 aromatic heterocycles. The second-order valence-corrected chi connectivity index (χ2v) is 4.02. The standard InChI is InChI=1S/C14H11NO2/c16-13-8-4-3-7-12(13)15-11-6-2-1-5-10(11)9-14(15)17/h1-8,16H,9H2. The first-order valence-corrected chi connectivity index (χ1v) is 5.46. The van der Waals surface area contributed by atoms with Gasteiger partial charge in [0.05, 0.1) is 17.8 Å². The van der Waals surface area contributed by atoms with Crippen molar-refractivity contribution in [1.29, 1.82) is 0 Å². The highest BCUT2D eigenvalue weighted by atomic mass is 16.3. The summed E-state index contributed by atoms with van der Waals surface area (Å²) < 4.78 is 0. The lowest BCUT2D eigenvalue weighted by atomic mass is 10.2. The minimum Gasteiger partial charge on any atom is -0.506 e. The summed E-state index contributed by atoms with van der Waals surface area (Å²) in [4.78, 5) is 13.6. The predicted octanol–water partition coefficient (Wildman–Crippen LogP) is 2.61. The van der Waals surface area contributed by atoms with Crippen molar-refractivity contribution in [2.45, 2.75) is 6.42 Å². The Morgan fingerprint density at radius 2 is 1.59 bits per heavy atom. The topological polar surface area (TPSA) is 40.5 Å². The van der Waals surface area contributed by atoms with Crippen LogP contribution in [0.5, 0.6) is 5.75 Å². The van der Waals surface area contributed by atoms with Crippen LogP contribution in [0.15, 0.2) is 48.5 Å². The Morgan fingerprint density at radius 3 is 2.35 bits per heavy atom. The first-order valence-electron chi connectivity index (χ1n) is 5.46. The number of anilines is 2. The fourth-order valence-corrected chi connectivity index (χ4v) is 2.17. The number of rotatable bonds is 1. The van der Waals surface area contributed by atoms with Gasteiger partial charge in [-0.2, -0.15) is 0 Å². The monoisotopic (exact) mass is 225 g/mol. The number of benzene rings is 2. The number of hydrogen-bond donors (Lipinski definition) is 1. The molecule has 0 saturated carbocycles. The molecule has 3 rings (SSSR count). The second kappa shape index (κ2) is 3.63. The molecule has 1 aliphatic rings. The molecule has 0 unspecified atom stereocenters.